The number of amides is 1. The van der Waals surface area contributed by atoms with Gasteiger partial charge in [-0.25, -0.2) is 4.98 Å². The van der Waals surface area contributed by atoms with E-state index in [1.54, 1.807) is 9.58 Å². The molecule has 2 aliphatic rings. The van der Waals surface area contributed by atoms with Crippen LogP contribution in [0.4, 0.5) is 0 Å². The molecule has 3 heterocycles. The molecule has 2 aromatic rings. The minimum absolute atomic E-state index is 0.00807. The summed E-state index contributed by atoms with van der Waals surface area (Å²) in [4.78, 5) is 19.1. The number of hydrogen-bond donors (Lipinski definition) is 1. The second-order valence-electron chi connectivity index (χ2n) is 7.06. The van der Waals surface area contributed by atoms with Crippen molar-refractivity contribution in [1.29, 1.82) is 0 Å². The summed E-state index contributed by atoms with van der Waals surface area (Å²) in [5, 5.41) is 11.2. The van der Waals surface area contributed by atoms with E-state index in [1.807, 2.05) is 20.3 Å². The lowest BCUT2D eigenvalue weighted by molar-refractivity contribution is 0.0541. The molecule has 1 amide bonds. The number of carbonyl (C=O) groups is 1. The first kappa shape index (κ1) is 16.3. The van der Waals surface area contributed by atoms with Crippen LogP contribution in [0.25, 0.3) is 0 Å². The van der Waals surface area contributed by atoms with Gasteiger partial charge in [-0.05, 0) is 25.2 Å². The molecule has 1 N–H and O–H groups in total. The van der Waals surface area contributed by atoms with Crippen molar-refractivity contribution in [1.82, 2.24) is 29.9 Å². The number of nitrogens with one attached hydrogen (secondary N) is 1. The maximum atomic E-state index is 13.0. The maximum absolute atomic E-state index is 13.0. The molecule has 1 saturated heterocycles. The van der Waals surface area contributed by atoms with E-state index in [0.717, 1.165) is 30.7 Å². The third-order valence-corrected chi connectivity index (χ3v) is 5.51. The second-order valence-corrected chi connectivity index (χ2v) is 7.06. The standard InChI is InChI=1S/C17H24N6O2/c1-22(9-14-12(6-7-25-14)16-18-10-19-21-16)17(24)15-13(8-20-23(15)2)11-4-3-5-11/h8,10-12,14H,3-7,9H2,1-2H3,(H,18,19,21)/t12-,14-/m1/s1. The quantitative estimate of drug-likeness (QED) is 0.887. The number of hydrogen-bond acceptors (Lipinski definition) is 5. The minimum Gasteiger partial charge on any atom is -0.376 e. The van der Waals surface area contributed by atoms with Crippen molar-refractivity contribution in [3.8, 4) is 0 Å². The summed E-state index contributed by atoms with van der Waals surface area (Å²) < 4.78 is 7.57. The Labute approximate surface area is 146 Å². The van der Waals surface area contributed by atoms with Crippen LogP contribution >= 0.6 is 0 Å². The molecular weight excluding hydrogens is 320 g/mol. The number of ether oxygens (including phenoxy) is 1. The van der Waals surface area contributed by atoms with Crippen LogP contribution < -0.4 is 0 Å². The highest BCUT2D eigenvalue weighted by molar-refractivity contribution is 5.94. The van der Waals surface area contributed by atoms with Crippen LogP contribution in [0.1, 0.15) is 59.4 Å². The second kappa shape index (κ2) is 6.59. The fourth-order valence-electron chi connectivity index (χ4n) is 3.80. The molecule has 2 aromatic heterocycles. The van der Waals surface area contributed by atoms with E-state index in [9.17, 15) is 4.79 Å². The maximum Gasteiger partial charge on any atom is 0.272 e. The smallest absolute Gasteiger partial charge is 0.272 e. The molecule has 2 atom stereocenters. The first-order chi connectivity index (χ1) is 12.1. The monoisotopic (exact) mass is 344 g/mol. The number of aromatic amines is 1. The van der Waals surface area contributed by atoms with E-state index in [4.69, 9.17) is 4.74 Å². The van der Waals surface area contributed by atoms with E-state index < -0.39 is 0 Å². The lowest BCUT2D eigenvalue weighted by atomic mass is 9.80. The van der Waals surface area contributed by atoms with Crippen LogP contribution in [-0.4, -0.2) is 62.1 Å². The molecule has 0 spiro atoms. The van der Waals surface area contributed by atoms with Crippen LogP contribution in [0, 0.1) is 0 Å². The Morgan fingerprint density at radius 2 is 2.28 bits per heavy atom. The number of aromatic nitrogens is 5. The fourth-order valence-corrected chi connectivity index (χ4v) is 3.80. The molecule has 8 heteroatoms. The van der Waals surface area contributed by atoms with Gasteiger partial charge in [0.1, 0.15) is 17.8 Å². The van der Waals surface area contributed by atoms with Gasteiger partial charge in [-0.1, -0.05) is 6.42 Å². The van der Waals surface area contributed by atoms with E-state index >= 15 is 0 Å². The van der Waals surface area contributed by atoms with Gasteiger partial charge in [0.25, 0.3) is 5.91 Å². The van der Waals surface area contributed by atoms with Gasteiger partial charge < -0.3 is 9.64 Å². The van der Waals surface area contributed by atoms with Crippen molar-refractivity contribution in [2.24, 2.45) is 7.05 Å². The summed E-state index contributed by atoms with van der Waals surface area (Å²) in [6, 6.07) is 0. The molecular formula is C17H24N6O2. The number of rotatable bonds is 5. The Kier molecular flexibility index (Phi) is 4.29. The predicted molar refractivity (Wildman–Crippen MR) is 90.2 cm³/mol. The van der Waals surface area contributed by atoms with Crippen LogP contribution in [0.3, 0.4) is 0 Å². The Balaban J connectivity index is 1.48. The van der Waals surface area contributed by atoms with Gasteiger partial charge in [0.2, 0.25) is 0 Å². The summed E-state index contributed by atoms with van der Waals surface area (Å²) in [5.41, 5.74) is 1.80. The van der Waals surface area contributed by atoms with E-state index in [2.05, 4.69) is 20.3 Å². The van der Waals surface area contributed by atoms with Crippen LogP contribution in [0.2, 0.25) is 0 Å². The predicted octanol–water partition coefficient (Wildman–Crippen LogP) is 1.45. The highest BCUT2D eigenvalue weighted by atomic mass is 16.5. The van der Waals surface area contributed by atoms with Crippen molar-refractivity contribution in [3.05, 3.63) is 29.6 Å². The number of nitrogens with zero attached hydrogens (tertiary/aromatic N) is 5. The molecule has 134 valence electrons. The Hall–Kier alpha value is -2.22. The third kappa shape index (κ3) is 2.95. The van der Waals surface area contributed by atoms with Crippen LogP contribution in [0.5, 0.6) is 0 Å². The molecule has 8 nitrogen and oxygen atoms in total. The largest absolute Gasteiger partial charge is 0.376 e. The Bertz CT molecular complexity index is 736. The summed E-state index contributed by atoms with van der Waals surface area (Å²) in [6.45, 7) is 1.20. The van der Waals surface area contributed by atoms with Crippen molar-refractivity contribution in [2.75, 3.05) is 20.2 Å². The third-order valence-electron chi connectivity index (χ3n) is 5.51. The molecule has 0 bridgehead atoms. The van der Waals surface area contributed by atoms with Gasteiger partial charge >= 0.3 is 0 Å². The normalized spacial score (nSPS) is 23.6. The molecule has 0 aromatic carbocycles. The summed E-state index contributed by atoms with van der Waals surface area (Å²) >= 11 is 0. The van der Waals surface area contributed by atoms with Crippen LogP contribution in [0.15, 0.2) is 12.5 Å². The zero-order valence-corrected chi connectivity index (χ0v) is 14.7. The fraction of sp³-hybridized carbons (Fsp3) is 0.647. The van der Waals surface area contributed by atoms with Gasteiger partial charge in [0.05, 0.1) is 12.3 Å². The number of aryl methyl sites for hydroxylation is 1. The average Bonchev–Trinajstić information content (AvgIpc) is 3.26. The molecule has 1 aliphatic heterocycles. The van der Waals surface area contributed by atoms with E-state index in [0.29, 0.717) is 24.8 Å². The van der Waals surface area contributed by atoms with Gasteiger partial charge in [-0.3, -0.25) is 14.6 Å². The van der Waals surface area contributed by atoms with Crippen molar-refractivity contribution >= 4 is 5.91 Å². The topological polar surface area (TPSA) is 88.9 Å². The number of H-pyrrole nitrogens is 1. The first-order valence-corrected chi connectivity index (χ1v) is 8.89. The van der Waals surface area contributed by atoms with Crippen LogP contribution in [-0.2, 0) is 11.8 Å². The molecule has 0 unspecified atom stereocenters. The molecule has 2 fully saturated rings. The van der Waals surface area contributed by atoms with Crippen molar-refractivity contribution < 1.29 is 9.53 Å². The first-order valence-electron chi connectivity index (χ1n) is 8.89. The average molecular weight is 344 g/mol. The van der Waals surface area contributed by atoms with E-state index in [-0.39, 0.29) is 17.9 Å². The molecule has 4 rings (SSSR count). The summed E-state index contributed by atoms with van der Waals surface area (Å²) in [6.07, 6.45) is 7.72. The molecule has 0 radical (unpaired) electrons. The molecule has 1 aliphatic carbocycles. The number of likely N-dealkylation sites (N-methyl/N-ethyl adjacent to an activating group) is 1. The molecule has 25 heavy (non-hydrogen) atoms. The Morgan fingerprint density at radius 1 is 1.44 bits per heavy atom. The van der Waals surface area contributed by atoms with Gasteiger partial charge in [-0.15, -0.1) is 0 Å². The summed E-state index contributed by atoms with van der Waals surface area (Å²) in [7, 11) is 3.67. The van der Waals surface area contributed by atoms with Crippen molar-refractivity contribution in [2.45, 2.75) is 43.6 Å². The molecule has 1 saturated carbocycles. The lowest BCUT2D eigenvalue weighted by Crippen LogP contribution is -2.38. The van der Waals surface area contributed by atoms with Gasteiger partial charge in [0.15, 0.2) is 0 Å². The zero-order valence-electron chi connectivity index (χ0n) is 14.7. The Morgan fingerprint density at radius 3 is 2.96 bits per heavy atom. The number of carbonyl (C=O) groups excluding carboxylic acids is 1. The summed E-state index contributed by atoms with van der Waals surface area (Å²) in [5.74, 6) is 1.47. The van der Waals surface area contributed by atoms with Gasteiger partial charge in [-0.2, -0.15) is 10.2 Å². The SMILES string of the molecule is CN(C[C@H]1OCC[C@H]1c1ncn[nH]1)C(=O)c1c(C2CCC2)cnn1C. The zero-order chi connectivity index (χ0) is 17.4. The van der Waals surface area contributed by atoms with Gasteiger partial charge in [0, 0.05) is 38.7 Å². The highest BCUT2D eigenvalue weighted by Gasteiger charge is 2.35. The lowest BCUT2D eigenvalue weighted by Gasteiger charge is -2.28. The highest BCUT2D eigenvalue weighted by Crippen LogP contribution is 2.38. The van der Waals surface area contributed by atoms with Crippen molar-refractivity contribution in [3.63, 3.8) is 0 Å². The van der Waals surface area contributed by atoms with E-state index in [1.165, 1.54) is 12.7 Å². The minimum atomic E-state index is -0.0673.